The molecule has 0 spiro atoms. The summed E-state index contributed by atoms with van der Waals surface area (Å²) < 4.78 is 1.96. The molecule has 0 atom stereocenters. The summed E-state index contributed by atoms with van der Waals surface area (Å²) in [6.45, 7) is 8.91. The minimum Gasteiger partial charge on any atom is -0.316 e. The maximum absolute atomic E-state index is 4.18. The normalized spacial score (nSPS) is 12.0. The molecule has 1 aromatic heterocycles. The third kappa shape index (κ3) is 4.04. The van der Waals surface area contributed by atoms with Crippen molar-refractivity contribution in [2.24, 2.45) is 12.5 Å². The summed E-state index contributed by atoms with van der Waals surface area (Å²) in [7, 11) is 2.01. The Balaban J connectivity index is 2.39. The molecule has 1 aromatic rings. The van der Waals surface area contributed by atoms with Crippen LogP contribution in [0, 0.1) is 5.41 Å². The molecule has 3 heteroatoms. The Morgan fingerprint density at radius 2 is 2.20 bits per heavy atom. The predicted octanol–water partition coefficient (Wildman–Crippen LogP) is 1.99. The fraction of sp³-hybridized carbons (Fsp3) is 0.750. The second kappa shape index (κ2) is 5.31. The molecule has 0 aromatic carbocycles. The van der Waals surface area contributed by atoms with Crippen LogP contribution >= 0.6 is 0 Å². The van der Waals surface area contributed by atoms with Crippen LogP contribution in [-0.4, -0.2) is 22.9 Å². The highest BCUT2D eigenvalue weighted by molar-refractivity contribution is 5.00. The molecule has 86 valence electrons. The van der Waals surface area contributed by atoms with Crippen molar-refractivity contribution in [1.82, 2.24) is 15.1 Å². The van der Waals surface area contributed by atoms with E-state index in [0.29, 0.717) is 5.41 Å². The van der Waals surface area contributed by atoms with Crippen LogP contribution in [0.4, 0.5) is 0 Å². The molecule has 0 fully saturated rings. The molecular formula is C12H23N3. The van der Waals surface area contributed by atoms with E-state index < -0.39 is 0 Å². The minimum atomic E-state index is 0.361. The van der Waals surface area contributed by atoms with Gasteiger partial charge in [-0.15, -0.1) is 0 Å². The number of nitrogens with zero attached hydrogens (tertiary/aromatic N) is 2. The average Bonchev–Trinajstić information content (AvgIpc) is 2.58. The topological polar surface area (TPSA) is 29.9 Å². The first-order valence-electron chi connectivity index (χ1n) is 5.73. The van der Waals surface area contributed by atoms with Gasteiger partial charge < -0.3 is 5.32 Å². The zero-order chi connectivity index (χ0) is 11.3. The van der Waals surface area contributed by atoms with Gasteiger partial charge in [-0.1, -0.05) is 20.8 Å². The van der Waals surface area contributed by atoms with Crippen molar-refractivity contribution in [3.05, 3.63) is 18.0 Å². The van der Waals surface area contributed by atoms with Gasteiger partial charge in [-0.05, 0) is 30.9 Å². The van der Waals surface area contributed by atoms with E-state index >= 15 is 0 Å². The van der Waals surface area contributed by atoms with Gasteiger partial charge in [0.15, 0.2) is 0 Å². The lowest BCUT2D eigenvalue weighted by Gasteiger charge is -2.24. The van der Waals surface area contributed by atoms with E-state index in [1.54, 1.807) is 0 Å². The van der Waals surface area contributed by atoms with Gasteiger partial charge in [0, 0.05) is 25.5 Å². The molecule has 0 saturated carbocycles. The van der Waals surface area contributed by atoms with Gasteiger partial charge in [-0.3, -0.25) is 4.68 Å². The zero-order valence-corrected chi connectivity index (χ0v) is 10.4. The van der Waals surface area contributed by atoms with E-state index in [-0.39, 0.29) is 0 Å². The summed E-state index contributed by atoms with van der Waals surface area (Å²) in [4.78, 5) is 0. The number of nitrogens with one attached hydrogen (secondary N) is 1. The molecule has 1 rings (SSSR count). The number of rotatable bonds is 6. The van der Waals surface area contributed by atoms with Gasteiger partial charge in [-0.2, -0.15) is 5.10 Å². The maximum Gasteiger partial charge on any atom is 0.0492 e. The quantitative estimate of drug-likeness (QED) is 0.776. The first-order chi connectivity index (χ1) is 7.05. The third-order valence-corrected chi connectivity index (χ3v) is 2.83. The first kappa shape index (κ1) is 12.2. The van der Waals surface area contributed by atoms with E-state index in [0.717, 1.165) is 19.5 Å². The lowest BCUT2D eigenvalue weighted by molar-refractivity contribution is 0.315. The van der Waals surface area contributed by atoms with Gasteiger partial charge in [-0.25, -0.2) is 0 Å². The van der Waals surface area contributed by atoms with Crippen molar-refractivity contribution < 1.29 is 0 Å². The fourth-order valence-corrected chi connectivity index (χ4v) is 1.66. The first-order valence-corrected chi connectivity index (χ1v) is 5.73. The highest BCUT2D eigenvalue weighted by atomic mass is 15.2. The standard InChI is InChI=1S/C12H23N3/c1-5-13-10-12(2,3)8-6-11-7-9-14-15(11)4/h7,9,13H,5-6,8,10H2,1-4H3. The predicted molar refractivity (Wildman–Crippen MR) is 63.9 cm³/mol. The maximum atomic E-state index is 4.18. The number of aromatic nitrogens is 2. The van der Waals surface area contributed by atoms with Crippen LogP contribution in [0.1, 0.15) is 32.9 Å². The molecule has 0 bridgehead atoms. The molecule has 1 heterocycles. The molecular weight excluding hydrogens is 186 g/mol. The van der Waals surface area contributed by atoms with Crippen LogP contribution in [0.15, 0.2) is 12.3 Å². The van der Waals surface area contributed by atoms with Crippen molar-refractivity contribution in [2.45, 2.75) is 33.6 Å². The van der Waals surface area contributed by atoms with E-state index in [1.807, 2.05) is 17.9 Å². The summed E-state index contributed by atoms with van der Waals surface area (Å²) in [5.41, 5.74) is 1.68. The van der Waals surface area contributed by atoms with Gasteiger partial charge in [0.2, 0.25) is 0 Å². The summed E-state index contributed by atoms with van der Waals surface area (Å²) in [5, 5.41) is 7.59. The second-order valence-electron chi connectivity index (χ2n) is 4.89. The molecule has 0 radical (unpaired) electrons. The molecule has 3 nitrogen and oxygen atoms in total. The Bertz CT molecular complexity index is 289. The molecule has 1 N–H and O–H groups in total. The van der Waals surface area contributed by atoms with Crippen LogP contribution in [0.3, 0.4) is 0 Å². The Morgan fingerprint density at radius 3 is 2.73 bits per heavy atom. The Labute approximate surface area is 92.9 Å². The minimum absolute atomic E-state index is 0.361. The van der Waals surface area contributed by atoms with E-state index in [2.05, 4.69) is 37.3 Å². The Morgan fingerprint density at radius 1 is 1.47 bits per heavy atom. The van der Waals surface area contributed by atoms with Gasteiger partial charge in [0.05, 0.1) is 0 Å². The van der Waals surface area contributed by atoms with Crippen molar-refractivity contribution in [3.8, 4) is 0 Å². The van der Waals surface area contributed by atoms with E-state index in [9.17, 15) is 0 Å². The Hall–Kier alpha value is -0.830. The van der Waals surface area contributed by atoms with Crippen molar-refractivity contribution >= 4 is 0 Å². The SMILES string of the molecule is CCNCC(C)(C)CCc1ccnn1C. The highest BCUT2D eigenvalue weighted by Gasteiger charge is 2.17. The largest absolute Gasteiger partial charge is 0.316 e. The molecule has 15 heavy (non-hydrogen) atoms. The van der Waals surface area contributed by atoms with Crippen LogP contribution in [0.2, 0.25) is 0 Å². The smallest absolute Gasteiger partial charge is 0.0492 e. The van der Waals surface area contributed by atoms with E-state index in [1.165, 1.54) is 12.1 Å². The number of aryl methyl sites for hydroxylation is 2. The zero-order valence-electron chi connectivity index (χ0n) is 10.4. The van der Waals surface area contributed by atoms with Crippen molar-refractivity contribution in [2.75, 3.05) is 13.1 Å². The van der Waals surface area contributed by atoms with Gasteiger partial charge >= 0.3 is 0 Å². The lowest BCUT2D eigenvalue weighted by Crippen LogP contribution is -2.29. The molecule has 0 aliphatic heterocycles. The molecule has 0 aliphatic rings. The summed E-state index contributed by atoms with van der Waals surface area (Å²) in [5.74, 6) is 0. The molecule has 0 amide bonds. The average molecular weight is 209 g/mol. The Kier molecular flexibility index (Phi) is 4.33. The lowest BCUT2D eigenvalue weighted by atomic mass is 9.87. The van der Waals surface area contributed by atoms with Crippen LogP contribution in [0.5, 0.6) is 0 Å². The summed E-state index contributed by atoms with van der Waals surface area (Å²) >= 11 is 0. The molecule has 0 unspecified atom stereocenters. The molecule has 0 saturated heterocycles. The second-order valence-corrected chi connectivity index (χ2v) is 4.89. The summed E-state index contributed by atoms with van der Waals surface area (Å²) in [6, 6.07) is 2.10. The molecule has 0 aliphatic carbocycles. The highest BCUT2D eigenvalue weighted by Crippen LogP contribution is 2.21. The summed E-state index contributed by atoms with van der Waals surface area (Å²) in [6.07, 6.45) is 4.17. The monoisotopic (exact) mass is 209 g/mol. The fourth-order valence-electron chi connectivity index (χ4n) is 1.66. The number of hydrogen-bond donors (Lipinski definition) is 1. The van der Waals surface area contributed by atoms with Crippen molar-refractivity contribution in [1.29, 1.82) is 0 Å². The van der Waals surface area contributed by atoms with E-state index in [4.69, 9.17) is 0 Å². The van der Waals surface area contributed by atoms with Gasteiger partial charge in [0.1, 0.15) is 0 Å². The third-order valence-electron chi connectivity index (χ3n) is 2.83. The van der Waals surface area contributed by atoms with Crippen LogP contribution in [0.25, 0.3) is 0 Å². The van der Waals surface area contributed by atoms with Crippen LogP contribution in [-0.2, 0) is 13.5 Å². The number of hydrogen-bond acceptors (Lipinski definition) is 2. The van der Waals surface area contributed by atoms with Gasteiger partial charge in [0.25, 0.3) is 0 Å². The van der Waals surface area contributed by atoms with Crippen LogP contribution < -0.4 is 5.32 Å². The van der Waals surface area contributed by atoms with Crippen molar-refractivity contribution in [3.63, 3.8) is 0 Å².